The van der Waals surface area contributed by atoms with E-state index in [1.54, 1.807) is 6.20 Å². The molecule has 3 rings (SSSR count). The summed E-state index contributed by atoms with van der Waals surface area (Å²) in [6, 6.07) is 8.00. The van der Waals surface area contributed by atoms with Gasteiger partial charge in [-0.2, -0.15) is 10.2 Å². The van der Waals surface area contributed by atoms with Crippen LogP contribution in [0.1, 0.15) is 39.2 Å². The number of piperidine rings is 1. The van der Waals surface area contributed by atoms with E-state index in [2.05, 4.69) is 48.3 Å². The number of aromatic nitrogens is 2. The van der Waals surface area contributed by atoms with Crippen LogP contribution in [0.5, 0.6) is 0 Å². The summed E-state index contributed by atoms with van der Waals surface area (Å²) in [5.74, 6) is 0. The summed E-state index contributed by atoms with van der Waals surface area (Å²) >= 11 is 0. The Hall–Kier alpha value is -1.78. The van der Waals surface area contributed by atoms with Crippen LogP contribution in [0.2, 0.25) is 0 Å². The van der Waals surface area contributed by atoms with Gasteiger partial charge in [0.1, 0.15) is 0 Å². The Balaban J connectivity index is 0.000000371. The molecule has 0 radical (unpaired) electrons. The van der Waals surface area contributed by atoms with Crippen LogP contribution in [-0.2, 0) is 0 Å². The molecule has 0 unspecified atom stereocenters. The van der Waals surface area contributed by atoms with E-state index in [0.29, 0.717) is 0 Å². The highest BCUT2D eigenvalue weighted by Gasteiger charge is 2.23. The molecule has 0 bridgehead atoms. The molecule has 1 aromatic heterocycles. The van der Waals surface area contributed by atoms with E-state index >= 15 is 0 Å². The highest BCUT2D eigenvalue weighted by atomic mass is 15.1. The van der Waals surface area contributed by atoms with Gasteiger partial charge in [0.25, 0.3) is 0 Å². The minimum Gasteiger partial charge on any atom is -0.325 e. The van der Waals surface area contributed by atoms with Gasteiger partial charge in [0.15, 0.2) is 0 Å². The summed E-state index contributed by atoms with van der Waals surface area (Å²) < 4.78 is 0. The monoisotopic (exact) mass is 330 g/mol. The molecular formula is C20H34N4. The van der Waals surface area contributed by atoms with Crippen molar-refractivity contribution in [2.45, 2.75) is 46.1 Å². The van der Waals surface area contributed by atoms with E-state index in [1.807, 2.05) is 39.0 Å². The second kappa shape index (κ2) is 11.7. The first kappa shape index (κ1) is 22.2. The van der Waals surface area contributed by atoms with Gasteiger partial charge in [-0.3, -0.25) is 0 Å². The summed E-state index contributed by atoms with van der Waals surface area (Å²) in [6.07, 6.45) is 4.06. The van der Waals surface area contributed by atoms with Crippen molar-refractivity contribution in [2.24, 2.45) is 5.73 Å². The molecule has 2 heterocycles. The number of nitrogens with zero attached hydrogens (tertiary/aromatic N) is 3. The lowest BCUT2D eigenvalue weighted by Crippen LogP contribution is -2.46. The van der Waals surface area contributed by atoms with Crippen molar-refractivity contribution in [1.29, 1.82) is 0 Å². The number of fused-ring (bicyclic) bond motifs is 1. The number of benzene rings is 1. The third kappa shape index (κ3) is 7.66. The lowest BCUT2D eigenvalue weighted by atomic mass is 9.91. The van der Waals surface area contributed by atoms with E-state index in [-0.39, 0.29) is 5.54 Å². The molecule has 0 spiro atoms. The molecule has 1 fully saturated rings. The van der Waals surface area contributed by atoms with Gasteiger partial charge >= 0.3 is 0 Å². The van der Waals surface area contributed by atoms with Gasteiger partial charge < -0.3 is 10.6 Å². The van der Waals surface area contributed by atoms with Crippen molar-refractivity contribution < 1.29 is 0 Å². The second-order valence-corrected chi connectivity index (χ2v) is 6.00. The van der Waals surface area contributed by atoms with Gasteiger partial charge in [-0.1, -0.05) is 32.0 Å². The molecule has 0 saturated carbocycles. The van der Waals surface area contributed by atoms with Crippen LogP contribution < -0.4 is 5.73 Å². The Morgan fingerprint density at radius 1 is 1.12 bits per heavy atom. The van der Waals surface area contributed by atoms with Crippen LogP contribution in [0.4, 0.5) is 0 Å². The van der Waals surface area contributed by atoms with Gasteiger partial charge in [0.2, 0.25) is 0 Å². The lowest BCUT2D eigenvalue weighted by Gasteiger charge is -2.34. The molecule has 0 aliphatic carbocycles. The third-order valence-electron chi connectivity index (χ3n) is 3.88. The molecule has 24 heavy (non-hydrogen) atoms. The molecule has 0 atom stereocenters. The molecule has 2 aromatic rings. The molecule has 0 amide bonds. The summed E-state index contributed by atoms with van der Waals surface area (Å²) in [6.45, 7) is 16.5. The SMILES string of the molecule is C=C.CC.CN1CCC(C)(N)CC1.Cc1cnnc2ccccc12. The van der Waals surface area contributed by atoms with Crippen molar-refractivity contribution in [2.75, 3.05) is 20.1 Å². The first-order valence-electron chi connectivity index (χ1n) is 8.62. The molecular weight excluding hydrogens is 296 g/mol. The molecule has 1 saturated heterocycles. The van der Waals surface area contributed by atoms with Crippen molar-refractivity contribution in [3.63, 3.8) is 0 Å². The van der Waals surface area contributed by atoms with Crippen molar-refractivity contribution in [1.82, 2.24) is 15.1 Å². The van der Waals surface area contributed by atoms with Crippen LogP contribution in [0.3, 0.4) is 0 Å². The predicted octanol–water partition coefficient (Wildman–Crippen LogP) is 4.20. The van der Waals surface area contributed by atoms with Crippen LogP contribution >= 0.6 is 0 Å². The Kier molecular flexibility index (Phi) is 10.8. The summed E-state index contributed by atoms with van der Waals surface area (Å²) in [7, 11) is 2.15. The summed E-state index contributed by atoms with van der Waals surface area (Å²) in [4.78, 5) is 2.33. The zero-order chi connectivity index (χ0) is 18.6. The Morgan fingerprint density at radius 3 is 2.17 bits per heavy atom. The lowest BCUT2D eigenvalue weighted by molar-refractivity contribution is 0.203. The molecule has 4 nitrogen and oxygen atoms in total. The van der Waals surface area contributed by atoms with E-state index in [4.69, 9.17) is 5.73 Å². The fourth-order valence-corrected chi connectivity index (χ4v) is 2.27. The molecule has 2 N–H and O–H groups in total. The standard InChI is InChI=1S/C9H8N2.C7H16N2.C2H6.C2H4/c1-7-6-10-11-9-5-3-2-4-8(7)9;1-7(8)3-5-9(2)6-4-7;2*1-2/h2-6H,1H3;3-6,8H2,1-2H3;1-2H3;1-2H2. The average molecular weight is 331 g/mol. The van der Waals surface area contributed by atoms with Gasteiger partial charge in [-0.25, -0.2) is 0 Å². The molecule has 1 aliphatic heterocycles. The molecule has 1 aromatic carbocycles. The van der Waals surface area contributed by atoms with E-state index in [1.165, 1.54) is 10.9 Å². The number of nitrogens with two attached hydrogens (primary N) is 1. The molecule has 134 valence electrons. The van der Waals surface area contributed by atoms with E-state index in [0.717, 1.165) is 31.4 Å². The van der Waals surface area contributed by atoms with Gasteiger partial charge in [-0.05, 0) is 58.5 Å². The van der Waals surface area contributed by atoms with Gasteiger partial charge in [0, 0.05) is 10.9 Å². The molecule has 1 aliphatic rings. The number of hydrogen-bond acceptors (Lipinski definition) is 4. The Bertz CT molecular complexity index is 565. The van der Waals surface area contributed by atoms with Gasteiger partial charge in [0.05, 0.1) is 11.7 Å². The van der Waals surface area contributed by atoms with Crippen molar-refractivity contribution >= 4 is 10.9 Å². The third-order valence-corrected chi connectivity index (χ3v) is 3.88. The number of hydrogen-bond donors (Lipinski definition) is 1. The largest absolute Gasteiger partial charge is 0.325 e. The number of likely N-dealkylation sites (tertiary alicyclic amines) is 1. The fourth-order valence-electron chi connectivity index (χ4n) is 2.27. The maximum Gasteiger partial charge on any atom is 0.0932 e. The van der Waals surface area contributed by atoms with Crippen molar-refractivity contribution in [3.8, 4) is 0 Å². The fraction of sp³-hybridized carbons (Fsp3) is 0.500. The van der Waals surface area contributed by atoms with Gasteiger partial charge in [-0.15, -0.1) is 13.2 Å². The summed E-state index contributed by atoms with van der Waals surface area (Å²) in [5.41, 5.74) is 8.17. The maximum atomic E-state index is 5.91. The number of rotatable bonds is 0. The smallest absolute Gasteiger partial charge is 0.0932 e. The quantitative estimate of drug-likeness (QED) is 0.736. The highest BCUT2D eigenvalue weighted by Crippen LogP contribution is 2.16. The van der Waals surface area contributed by atoms with Crippen LogP contribution in [0.25, 0.3) is 10.9 Å². The highest BCUT2D eigenvalue weighted by molar-refractivity contribution is 5.80. The minimum atomic E-state index is 0.118. The van der Waals surface area contributed by atoms with E-state index < -0.39 is 0 Å². The zero-order valence-corrected chi connectivity index (χ0v) is 16.0. The summed E-state index contributed by atoms with van der Waals surface area (Å²) in [5, 5.41) is 9.04. The zero-order valence-electron chi connectivity index (χ0n) is 16.0. The Morgan fingerprint density at radius 2 is 1.67 bits per heavy atom. The van der Waals surface area contributed by atoms with Crippen LogP contribution in [-0.4, -0.2) is 40.8 Å². The predicted molar refractivity (Wildman–Crippen MR) is 106 cm³/mol. The Labute approximate surface area is 147 Å². The van der Waals surface area contributed by atoms with E-state index in [9.17, 15) is 0 Å². The normalized spacial score (nSPS) is 15.8. The maximum absolute atomic E-state index is 5.91. The van der Waals surface area contributed by atoms with Crippen LogP contribution in [0, 0.1) is 6.92 Å². The van der Waals surface area contributed by atoms with Crippen molar-refractivity contribution in [3.05, 3.63) is 49.2 Å². The average Bonchev–Trinajstić information content (AvgIpc) is 2.62. The first-order valence-corrected chi connectivity index (χ1v) is 8.62. The first-order chi connectivity index (χ1) is 11.5. The molecule has 4 heteroatoms. The topological polar surface area (TPSA) is 55.0 Å². The minimum absolute atomic E-state index is 0.118. The second-order valence-electron chi connectivity index (χ2n) is 6.00. The van der Waals surface area contributed by atoms with Crippen LogP contribution in [0.15, 0.2) is 43.6 Å². The number of aryl methyl sites for hydroxylation is 1.